The Balaban J connectivity index is 1.50. The molecule has 4 aliphatic carbocycles. The van der Waals surface area contributed by atoms with Crippen LogP contribution >= 0.6 is 23.2 Å². The van der Waals surface area contributed by atoms with Crippen LogP contribution < -0.4 is 10.6 Å². The standard InChI is InChI=1S/C19H24Cl2N2O/c1-17-6-12-7-18(2,9-17)11-19(8-12,10-17)23-16(24)22-13-3-4-14(20)15(21)5-13/h3-5,12H,6-11H2,1-2H3,(H2,22,23,24)/t12?,17-,18-,19?/m1/s1. The number of carbonyl (C=O) groups is 1. The summed E-state index contributed by atoms with van der Waals surface area (Å²) in [4.78, 5) is 12.6. The number of nitrogens with one attached hydrogen (secondary N) is 2. The highest BCUT2D eigenvalue weighted by molar-refractivity contribution is 6.42. The quantitative estimate of drug-likeness (QED) is 0.675. The van der Waals surface area contributed by atoms with Gasteiger partial charge in [0.15, 0.2) is 0 Å². The lowest BCUT2D eigenvalue weighted by atomic mass is 9.43. The van der Waals surface area contributed by atoms with Crippen LogP contribution in [0, 0.1) is 16.7 Å². The van der Waals surface area contributed by atoms with Crippen molar-refractivity contribution >= 4 is 34.9 Å². The number of anilines is 1. The monoisotopic (exact) mass is 366 g/mol. The van der Waals surface area contributed by atoms with E-state index in [-0.39, 0.29) is 11.6 Å². The van der Waals surface area contributed by atoms with Gasteiger partial charge < -0.3 is 10.6 Å². The number of amides is 2. The van der Waals surface area contributed by atoms with Crippen LogP contribution in [0.3, 0.4) is 0 Å². The molecule has 4 aliphatic rings. The maximum atomic E-state index is 12.6. The highest BCUT2D eigenvalue weighted by atomic mass is 35.5. The molecule has 0 aromatic heterocycles. The van der Waals surface area contributed by atoms with E-state index in [0.29, 0.717) is 26.6 Å². The van der Waals surface area contributed by atoms with Crippen LogP contribution in [0.25, 0.3) is 0 Å². The summed E-state index contributed by atoms with van der Waals surface area (Å²) in [6, 6.07) is 5.02. The molecule has 0 radical (unpaired) electrons. The van der Waals surface area contributed by atoms with Crippen molar-refractivity contribution in [1.29, 1.82) is 0 Å². The van der Waals surface area contributed by atoms with Crippen molar-refractivity contribution in [3.05, 3.63) is 28.2 Å². The Hall–Kier alpha value is -0.930. The average molecular weight is 367 g/mol. The second-order valence-corrected chi connectivity index (χ2v) is 9.93. The van der Waals surface area contributed by atoms with E-state index in [4.69, 9.17) is 23.2 Å². The maximum absolute atomic E-state index is 12.6. The highest BCUT2D eigenvalue weighted by Gasteiger charge is 2.60. The molecule has 0 unspecified atom stereocenters. The first kappa shape index (κ1) is 16.5. The molecule has 0 spiro atoms. The molecule has 3 nitrogen and oxygen atoms in total. The Morgan fingerprint density at radius 1 is 1.04 bits per heavy atom. The largest absolute Gasteiger partial charge is 0.332 e. The summed E-state index contributed by atoms with van der Waals surface area (Å²) in [5, 5.41) is 7.19. The summed E-state index contributed by atoms with van der Waals surface area (Å²) in [5.41, 5.74) is 1.38. The Labute approximate surface area is 153 Å². The fourth-order valence-corrected chi connectivity index (χ4v) is 6.86. The third-order valence-corrected chi connectivity index (χ3v) is 6.92. The van der Waals surface area contributed by atoms with Gasteiger partial charge in [0.25, 0.3) is 0 Å². The molecule has 24 heavy (non-hydrogen) atoms. The van der Waals surface area contributed by atoms with Crippen LogP contribution in [0.2, 0.25) is 10.0 Å². The molecule has 2 amide bonds. The molecule has 1 aromatic rings. The second-order valence-electron chi connectivity index (χ2n) is 9.12. The van der Waals surface area contributed by atoms with Gasteiger partial charge in [0.2, 0.25) is 0 Å². The molecule has 0 heterocycles. The summed E-state index contributed by atoms with van der Waals surface area (Å²) in [6.07, 6.45) is 7.25. The Morgan fingerprint density at radius 3 is 2.29 bits per heavy atom. The first-order valence-corrected chi connectivity index (χ1v) is 9.48. The van der Waals surface area contributed by atoms with E-state index >= 15 is 0 Å². The van der Waals surface area contributed by atoms with E-state index in [9.17, 15) is 4.79 Å². The minimum Gasteiger partial charge on any atom is -0.332 e. The number of hydrogen-bond donors (Lipinski definition) is 2. The molecule has 5 rings (SSSR count). The predicted molar refractivity (Wildman–Crippen MR) is 98.8 cm³/mol. The summed E-state index contributed by atoms with van der Waals surface area (Å²) >= 11 is 12.0. The van der Waals surface area contributed by atoms with Gasteiger partial charge in [-0.3, -0.25) is 0 Å². The third-order valence-electron chi connectivity index (χ3n) is 6.18. The van der Waals surface area contributed by atoms with Gasteiger partial charge in [0.1, 0.15) is 0 Å². The lowest BCUT2D eigenvalue weighted by Gasteiger charge is -2.65. The van der Waals surface area contributed by atoms with Gasteiger partial charge >= 0.3 is 6.03 Å². The lowest BCUT2D eigenvalue weighted by molar-refractivity contribution is -0.113. The Morgan fingerprint density at radius 2 is 1.71 bits per heavy atom. The molecule has 2 atom stereocenters. The van der Waals surface area contributed by atoms with Gasteiger partial charge in [-0.25, -0.2) is 4.79 Å². The van der Waals surface area contributed by atoms with Crippen molar-refractivity contribution in [3.63, 3.8) is 0 Å². The predicted octanol–water partition coefficient (Wildman–Crippen LogP) is 5.86. The second kappa shape index (κ2) is 5.28. The van der Waals surface area contributed by atoms with Gasteiger partial charge in [-0.15, -0.1) is 0 Å². The van der Waals surface area contributed by atoms with E-state index in [2.05, 4.69) is 24.5 Å². The van der Waals surface area contributed by atoms with Gasteiger partial charge in [0, 0.05) is 11.2 Å². The van der Waals surface area contributed by atoms with E-state index in [1.54, 1.807) is 18.2 Å². The zero-order chi connectivity index (χ0) is 17.2. The first-order valence-electron chi connectivity index (χ1n) is 8.73. The molecular weight excluding hydrogens is 343 g/mol. The topological polar surface area (TPSA) is 41.1 Å². The minimum absolute atomic E-state index is 0.0524. The van der Waals surface area contributed by atoms with Gasteiger partial charge in [-0.1, -0.05) is 37.0 Å². The number of hydrogen-bond acceptors (Lipinski definition) is 1. The lowest BCUT2D eigenvalue weighted by Crippen LogP contribution is -2.65. The zero-order valence-electron chi connectivity index (χ0n) is 14.2. The van der Waals surface area contributed by atoms with E-state index in [0.717, 1.165) is 25.2 Å². The van der Waals surface area contributed by atoms with Crippen LogP contribution in [0.1, 0.15) is 52.4 Å². The summed E-state index contributed by atoms with van der Waals surface area (Å²) < 4.78 is 0. The fourth-order valence-electron chi connectivity index (χ4n) is 6.56. The van der Waals surface area contributed by atoms with Crippen LogP contribution in [-0.4, -0.2) is 11.6 Å². The molecule has 0 saturated heterocycles. The molecule has 0 aliphatic heterocycles. The molecular formula is C19H24Cl2N2O. The highest BCUT2D eigenvalue weighted by Crippen LogP contribution is 2.66. The Bertz CT molecular complexity index is 687. The van der Waals surface area contributed by atoms with Crippen molar-refractivity contribution in [2.75, 3.05) is 5.32 Å². The van der Waals surface area contributed by atoms with Crippen LogP contribution in [0.15, 0.2) is 18.2 Å². The van der Waals surface area contributed by atoms with Crippen molar-refractivity contribution in [1.82, 2.24) is 5.32 Å². The maximum Gasteiger partial charge on any atom is 0.319 e. The fraction of sp³-hybridized carbons (Fsp3) is 0.632. The van der Waals surface area contributed by atoms with Gasteiger partial charge in [-0.05, 0) is 73.5 Å². The van der Waals surface area contributed by atoms with Crippen LogP contribution in [-0.2, 0) is 0 Å². The van der Waals surface area contributed by atoms with Crippen molar-refractivity contribution < 1.29 is 4.79 Å². The van der Waals surface area contributed by atoms with Crippen LogP contribution in [0.5, 0.6) is 0 Å². The number of rotatable bonds is 2. The normalized spacial score (nSPS) is 39.8. The summed E-state index contributed by atoms with van der Waals surface area (Å²) in [6.45, 7) is 4.81. The van der Waals surface area contributed by atoms with E-state index in [1.165, 1.54) is 19.3 Å². The van der Waals surface area contributed by atoms with Crippen molar-refractivity contribution in [2.45, 2.75) is 57.9 Å². The zero-order valence-corrected chi connectivity index (χ0v) is 15.7. The molecule has 2 N–H and O–H groups in total. The third kappa shape index (κ3) is 2.90. The molecule has 1 aromatic carbocycles. The molecule has 5 heteroatoms. The Kier molecular flexibility index (Phi) is 3.64. The smallest absolute Gasteiger partial charge is 0.319 e. The number of halogens is 2. The average Bonchev–Trinajstić information content (AvgIpc) is 2.37. The number of benzene rings is 1. The number of carbonyl (C=O) groups excluding carboxylic acids is 1. The summed E-state index contributed by atoms with van der Waals surface area (Å²) in [7, 11) is 0. The van der Waals surface area contributed by atoms with E-state index in [1.807, 2.05) is 0 Å². The van der Waals surface area contributed by atoms with Gasteiger partial charge in [-0.2, -0.15) is 0 Å². The summed E-state index contributed by atoms with van der Waals surface area (Å²) in [5.74, 6) is 0.751. The van der Waals surface area contributed by atoms with Crippen molar-refractivity contribution in [2.24, 2.45) is 16.7 Å². The molecule has 4 fully saturated rings. The SMILES string of the molecule is C[C@]12CC3CC(NC(=O)Nc4ccc(Cl)c(Cl)c4)(C1)C[C@](C)(C3)C2. The molecule has 4 saturated carbocycles. The number of urea groups is 1. The molecule has 4 bridgehead atoms. The molecule has 130 valence electrons. The van der Waals surface area contributed by atoms with Gasteiger partial charge in [0.05, 0.1) is 10.0 Å². The van der Waals surface area contributed by atoms with E-state index < -0.39 is 0 Å². The van der Waals surface area contributed by atoms with Crippen molar-refractivity contribution in [3.8, 4) is 0 Å². The first-order chi connectivity index (χ1) is 11.2. The minimum atomic E-state index is -0.137. The van der Waals surface area contributed by atoms with Crippen LogP contribution in [0.4, 0.5) is 10.5 Å².